The first-order valence-electron chi connectivity index (χ1n) is 7.77. The van der Waals surface area contributed by atoms with Crippen LogP contribution in [0.5, 0.6) is 0 Å². The average molecular weight is 352 g/mol. The van der Waals surface area contributed by atoms with E-state index < -0.39 is 6.04 Å². The minimum Gasteiger partial charge on any atom is -0.381 e. The molecule has 1 saturated heterocycles. The average Bonchev–Trinajstić information content (AvgIpc) is 3.02. The lowest BCUT2D eigenvalue weighted by atomic mass is 9.92. The predicted molar refractivity (Wildman–Crippen MR) is 94.0 cm³/mol. The van der Waals surface area contributed by atoms with Crippen LogP contribution in [0.4, 0.5) is 5.69 Å². The standard InChI is InChI=1S/C16H21N5O2.ClH/c1-10-18-15(21-20-10)12-3-2-4-13(9-12)19-16(22)14(17)11-5-7-23-8-6-11;/h2-4,9,11,14H,5-8,17H2,1H3,(H,19,22)(H,18,20,21);1H. The highest BCUT2D eigenvalue weighted by Gasteiger charge is 2.26. The van der Waals surface area contributed by atoms with Gasteiger partial charge in [0.25, 0.3) is 0 Å². The second-order valence-corrected chi connectivity index (χ2v) is 5.79. The molecule has 1 aromatic heterocycles. The number of amides is 1. The summed E-state index contributed by atoms with van der Waals surface area (Å²) in [5, 5.41) is 9.82. The highest BCUT2D eigenvalue weighted by Crippen LogP contribution is 2.21. The molecule has 24 heavy (non-hydrogen) atoms. The zero-order chi connectivity index (χ0) is 16.2. The smallest absolute Gasteiger partial charge is 0.241 e. The monoisotopic (exact) mass is 351 g/mol. The van der Waals surface area contributed by atoms with Crippen LogP contribution in [-0.2, 0) is 9.53 Å². The molecule has 1 aromatic carbocycles. The SMILES string of the molecule is Cc1nc(-c2cccc(NC(=O)C(N)C3CCOCC3)c2)n[nH]1.Cl. The Balaban J connectivity index is 0.00000208. The number of halogens is 1. The molecule has 0 spiro atoms. The molecular weight excluding hydrogens is 330 g/mol. The molecule has 8 heteroatoms. The summed E-state index contributed by atoms with van der Waals surface area (Å²) in [6.45, 7) is 3.19. The minimum absolute atomic E-state index is 0. The summed E-state index contributed by atoms with van der Waals surface area (Å²) in [7, 11) is 0. The van der Waals surface area contributed by atoms with Gasteiger partial charge in [0, 0.05) is 24.5 Å². The maximum Gasteiger partial charge on any atom is 0.241 e. The third-order valence-electron chi connectivity index (χ3n) is 4.06. The van der Waals surface area contributed by atoms with Crippen LogP contribution in [0.3, 0.4) is 0 Å². The highest BCUT2D eigenvalue weighted by molar-refractivity contribution is 5.95. The van der Waals surface area contributed by atoms with Crippen LogP contribution in [0, 0.1) is 12.8 Å². The van der Waals surface area contributed by atoms with Crippen molar-refractivity contribution in [2.75, 3.05) is 18.5 Å². The van der Waals surface area contributed by atoms with Crippen LogP contribution in [0.1, 0.15) is 18.7 Å². The van der Waals surface area contributed by atoms with Crippen LogP contribution in [0.2, 0.25) is 0 Å². The van der Waals surface area contributed by atoms with Crippen molar-refractivity contribution in [3.63, 3.8) is 0 Å². The van der Waals surface area contributed by atoms with Crippen molar-refractivity contribution in [1.29, 1.82) is 0 Å². The molecule has 0 radical (unpaired) electrons. The van der Waals surface area contributed by atoms with Gasteiger partial charge < -0.3 is 15.8 Å². The summed E-state index contributed by atoms with van der Waals surface area (Å²) < 4.78 is 5.31. The van der Waals surface area contributed by atoms with E-state index in [0.29, 0.717) is 24.7 Å². The van der Waals surface area contributed by atoms with E-state index in [1.807, 2.05) is 31.2 Å². The molecule has 2 heterocycles. The molecule has 0 aliphatic carbocycles. The zero-order valence-corrected chi connectivity index (χ0v) is 14.3. The third-order valence-corrected chi connectivity index (χ3v) is 4.06. The number of nitrogens with one attached hydrogen (secondary N) is 2. The van der Waals surface area contributed by atoms with Crippen molar-refractivity contribution in [3.05, 3.63) is 30.1 Å². The summed E-state index contributed by atoms with van der Waals surface area (Å²) >= 11 is 0. The van der Waals surface area contributed by atoms with Crippen molar-refractivity contribution in [1.82, 2.24) is 15.2 Å². The maximum absolute atomic E-state index is 12.3. The van der Waals surface area contributed by atoms with Gasteiger partial charge in [-0.3, -0.25) is 9.89 Å². The molecule has 1 fully saturated rings. The Hall–Kier alpha value is -1.96. The van der Waals surface area contributed by atoms with Crippen molar-refractivity contribution < 1.29 is 9.53 Å². The van der Waals surface area contributed by atoms with Crippen LogP contribution in [-0.4, -0.2) is 40.3 Å². The van der Waals surface area contributed by atoms with Gasteiger partial charge in [0.15, 0.2) is 5.82 Å². The van der Waals surface area contributed by atoms with Gasteiger partial charge in [0.1, 0.15) is 5.82 Å². The molecule has 0 bridgehead atoms. The van der Waals surface area contributed by atoms with Crippen LogP contribution in [0.25, 0.3) is 11.4 Å². The Bertz CT molecular complexity index is 685. The Morgan fingerprint density at radius 1 is 1.42 bits per heavy atom. The number of anilines is 1. The van der Waals surface area contributed by atoms with Crippen molar-refractivity contribution in [2.45, 2.75) is 25.8 Å². The number of aromatic amines is 1. The lowest BCUT2D eigenvalue weighted by Gasteiger charge is -2.26. The molecular formula is C16H22ClN5O2. The first-order valence-corrected chi connectivity index (χ1v) is 7.77. The molecule has 130 valence electrons. The summed E-state index contributed by atoms with van der Waals surface area (Å²) in [4.78, 5) is 16.6. The van der Waals surface area contributed by atoms with Gasteiger partial charge in [-0.15, -0.1) is 12.4 Å². The van der Waals surface area contributed by atoms with E-state index in [2.05, 4.69) is 20.5 Å². The van der Waals surface area contributed by atoms with Gasteiger partial charge in [-0.2, -0.15) is 5.10 Å². The number of hydrogen-bond acceptors (Lipinski definition) is 5. The molecule has 2 aromatic rings. The number of aryl methyl sites for hydroxylation is 1. The Kier molecular flexibility index (Phi) is 6.30. The normalized spacial score (nSPS) is 16.2. The fraction of sp³-hybridized carbons (Fsp3) is 0.438. The first kappa shape index (κ1) is 18.4. The highest BCUT2D eigenvalue weighted by atomic mass is 35.5. The van der Waals surface area contributed by atoms with Gasteiger partial charge in [-0.05, 0) is 37.8 Å². The lowest BCUT2D eigenvalue weighted by Crippen LogP contribution is -2.44. The van der Waals surface area contributed by atoms with E-state index in [4.69, 9.17) is 10.5 Å². The number of nitrogens with zero attached hydrogens (tertiary/aromatic N) is 2. The zero-order valence-electron chi connectivity index (χ0n) is 13.5. The summed E-state index contributed by atoms with van der Waals surface area (Å²) in [6.07, 6.45) is 1.65. The second kappa shape index (κ2) is 8.23. The number of H-pyrrole nitrogens is 1. The van der Waals surface area contributed by atoms with Crippen molar-refractivity contribution in [3.8, 4) is 11.4 Å². The predicted octanol–water partition coefficient (Wildman–Crippen LogP) is 1.89. The van der Waals surface area contributed by atoms with Crippen LogP contribution >= 0.6 is 12.4 Å². The van der Waals surface area contributed by atoms with Crippen LogP contribution in [0.15, 0.2) is 24.3 Å². The summed E-state index contributed by atoms with van der Waals surface area (Å²) in [6, 6.07) is 6.91. The minimum atomic E-state index is -0.520. The Morgan fingerprint density at radius 3 is 2.83 bits per heavy atom. The molecule has 3 rings (SSSR count). The third kappa shape index (κ3) is 4.31. The van der Waals surface area contributed by atoms with Gasteiger partial charge in [0.05, 0.1) is 6.04 Å². The fourth-order valence-electron chi connectivity index (χ4n) is 2.72. The fourth-order valence-corrected chi connectivity index (χ4v) is 2.72. The van der Waals surface area contributed by atoms with E-state index in [9.17, 15) is 4.79 Å². The number of hydrogen-bond donors (Lipinski definition) is 3. The van der Waals surface area contributed by atoms with Gasteiger partial charge in [-0.1, -0.05) is 12.1 Å². The summed E-state index contributed by atoms with van der Waals surface area (Å²) in [5.74, 6) is 1.35. The maximum atomic E-state index is 12.3. The Labute approximate surface area is 146 Å². The lowest BCUT2D eigenvalue weighted by molar-refractivity contribution is -0.119. The first-order chi connectivity index (χ1) is 11.1. The van der Waals surface area contributed by atoms with E-state index >= 15 is 0 Å². The molecule has 1 aliphatic heterocycles. The molecule has 1 amide bonds. The molecule has 1 unspecified atom stereocenters. The number of carbonyl (C=O) groups excluding carboxylic acids is 1. The molecule has 7 nitrogen and oxygen atoms in total. The van der Waals surface area contributed by atoms with E-state index in [-0.39, 0.29) is 24.2 Å². The second-order valence-electron chi connectivity index (χ2n) is 5.79. The van der Waals surface area contributed by atoms with E-state index in [1.165, 1.54) is 0 Å². The molecule has 1 atom stereocenters. The van der Waals surface area contributed by atoms with Gasteiger partial charge >= 0.3 is 0 Å². The number of rotatable bonds is 4. The van der Waals surface area contributed by atoms with Crippen LogP contribution < -0.4 is 11.1 Å². The quantitative estimate of drug-likeness (QED) is 0.780. The number of ether oxygens (including phenoxy) is 1. The molecule has 0 saturated carbocycles. The molecule has 4 N–H and O–H groups in total. The van der Waals surface area contributed by atoms with E-state index in [0.717, 1.165) is 24.2 Å². The van der Waals surface area contributed by atoms with Crippen molar-refractivity contribution >= 4 is 24.0 Å². The topological polar surface area (TPSA) is 106 Å². The Morgan fingerprint density at radius 2 is 2.17 bits per heavy atom. The van der Waals surface area contributed by atoms with Crippen molar-refractivity contribution in [2.24, 2.45) is 11.7 Å². The molecule has 1 aliphatic rings. The number of carbonyl (C=O) groups is 1. The van der Waals surface area contributed by atoms with Gasteiger partial charge in [0.2, 0.25) is 5.91 Å². The van der Waals surface area contributed by atoms with Gasteiger partial charge in [-0.25, -0.2) is 4.98 Å². The van der Waals surface area contributed by atoms with E-state index in [1.54, 1.807) is 0 Å². The summed E-state index contributed by atoms with van der Waals surface area (Å²) in [5.41, 5.74) is 7.63. The number of benzene rings is 1. The number of aromatic nitrogens is 3. The largest absolute Gasteiger partial charge is 0.381 e. The number of nitrogens with two attached hydrogens (primary N) is 1.